The predicted molar refractivity (Wildman–Crippen MR) is 28.3 cm³/mol. The van der Waals surface area contributed by atoms with E-state index < -0.39 is 0 Å². The fraction of sp³-hybridized carbons (Fsp3) is 0. The molecule has 0 bridgehead atoms. The Balaban J connectivity index is 3.07. The quantitative estimate of drug-likeness (QED) is 0.496. The highest BCUT2D eigenvalue weighted by Crippen LogP contribution is 1.76. The Kier molecular flexibility index (Phi) is 4.24. The summed E-state index contributed by atoms with van der Waals surface area (Å²) in [5.41, 5.74) is 6.32. The van der Waals surface area contributed by atoms with Crippen molar-refractivity contribution in [3.05, 3.63) is 23.9 Å². The highest BCUT2D eigenvalue weighted by molar-refractivity contribution is 6.25. The molecule has 0 aromatic rings. The van der Waals surface area contributed by atoms with E-state index in [2.05, 4.69) is 0 Å². The van der Waals surface area contributed by atoms with Crippen molar-refractivity contribution >= 4 is 11.6 Å². The molecule has 0 atom stereocenters. The van der Waals surface area contributed by atoms with Crippen LogP contribution in [0.15, 0.2) is 23.9 Å². The molecule has 0 saturated heterocycles. The summed E-state index contributed by atoms with van der Waals surface area (Å²) >= 11 is 5.09. The fourth-order valence-corrected chi connectivity index (χ4v) is 0.190. The third kappa shape index (κ3) is 3.57. The second-order valence-corrected chi connectivity index (χ2v) is 0.955. The van der Waals surface area contributed by atoms with Crippen LogP contribution in [-0.2, 0) is 0 Å². The smallest absolute Gasteiger partial charge is 0.00429 e. The lowest BCUT2D eigenvalue weighted by molar-refractivity contribution is 1.60. The summed E-state index contributed by atoms with van der Waals surface area (Å²) in [5, 5.41) is 0. The van der Waals surface area contributed by atoms with E-state index in [1.165, 1.54) is 11.7 Å². The van der Waals surface area contributed by atoms with Crippen molar-refractivity contribution in [2.24, 2.45) is 5.73 Å². The van der Waals surface area contributed by atoms with Crippen molar-refractivity contribution in [2.45, 2.75) is 0 Å². The third-order valence-corrected chi connectivity index (χ3v) is 0.440. The van der Waals surface area contributed by atoms with Crippen LogP contribution >= 0.6 is 11.6 Å². The van der Waals surface area contributed by atoms with Gasteiger partial charge in [-0.2, -0.15) is 0 Å². The Morgan fingerprint density at radius 1 is 1.33 bits per heavy atom. The van der Waals surface area contributed by atoms with Crippen LogP contribution in [0.5, 0.6) is 0 Å². The first-order valence-corrected chi connectivity index (χ1v) is 1.99. The zero-order valence-electron chi connectivity index (χ0n) is 3.26. The molecule has 0 spiro atoms. The Morgan fingerprint density at radius 2 is 2.00 bits per heavy atom. The van der Waals surface area contributed by atoms with E-state index in [4.69, 9.17) is 17.3 Å². The Morgan fingerprint density at radius 3 is 2.17 bits per heavy atom. The topological polar surface area (TPSA) is 26.0 Å². The summed E-state index contributed by atoms with van der Waals surface area (Å²) in [4.78, 5) is 0. The number of allylic oxidation sites excluding steroid dienone is 2. The molecule has 0 unspecified atom stereocenters. The lowest BCUT2D eigenvalue weighted by atomic mass is 10.6. The van der Waals surface area contributed by atoms with Crippen LogP contribution in [0.3, 0.4) is 0 Å². The lowest BCUT2D eigenvalue weighted by Crippen LogP contribution is -1.71. The van der Waals surface area contributed by atoms with Crippen LogP contribution in [0.4, 0.5) is 0 Å². The second kappa shape index (κ2) is 4.57. The first-order valence-electron chi connectivity index (χ1n) is 1.55. The molecule has 2 N–H and O–H groups in total. The van der Waals surface area contributed by atoms with E-state index in [1.807, 2.05) is 0 Å². The molecule has 0 aliphatic heterocycles. The maximum atomic E-state index is 5.09. The predicted octanol–water partition coefficient (Wildman–Crippen LogP) is 1.21. The Labute approximate surface area is 42.1 Å². The van der Waals surface area contributed by atoms with Gasteiger partial charge in [-0.1, -0.05) is 11.6 Å². The summed E-state index contributed by atoms with van der Waals surface area (Å²) in [5.74, 6) is 0. The zero-order chi connectivity index (χ0) is 4.83. The second-order valence-electron chi connectivity index (χ2n) is 0.703. The van der Waals surface area contributed by atoms with Gasteiger partial charge in [-0.05, 0) is 18.4 Å². The molecule has 0 radical (unpaired) electrons. The van der Waals surface area contributed by atoms with Crippen LogP contribution < -0.4 is 5.73 Å². The first kappa shape index (κ1) is 5.57. The van der Waals surface area contributed by atoms with Gasteiger partial charge in [-0.15, -0.1) is 0 Å². The summed E-state index contributed by atoms with van der Waals surface area (Å²) in [6, 6.07) is 0. The highest BCUT2D eigenvalue weighted by atomic mass is 35.5. The SMILES string of the molecule is N/C=C\C=C\Cl. The highest BCUT2D eigenvalue weighted by Gasteiger charge is 1.50. The van der Waals surface area contributed by atoms with Gasteiger partial charge >= 0.3 is 0 Å². The van der Waals surface area contributed by atoms with Crippen LogP contribution in [0.25, 0.3) is 0 Å². The van der Waals surface area contributed by atoms with Crippen LogP contribution in [0.2, 0.25) is 0 Å². The molecule has 0 aromatic heterocycles. The summed E-state index contributed by atoms with van der Waals surface area (Å²) in [6.45, 7) is 0. The summed E-state index contributed by atoms with van der Waals surface area (Å²) in [7, 11) is 0. The van der Waals surface area contributed by atoms with Gasteiger partial charge in [0.2, 0.25) is 0 Å². The van der Waals surface area contributed by atoms with Crippen molar-refractivity contribution in [2.75, 3.05) is 0 Å². The van der Waals surface area contributed by atoms with E-state index >= 15 is 0 Å². The molecule has 0 heterocycles. The molecule has 0 amide bonds. The number of hydrogen-bond acceptors (Lipinski definition) is 1. The minimum absolute atomic E-state index is 1.39. The number of hydrogen-bond donors (Lipinski definition) is 1. The minimum atomic E-state index is 1.39. The van der Waals surface area contributed by atoms with Crippen LogP contribution in [-0.4, -0.2) is 0 Å². The maximum Gasteiger partial charge on any atom is 0.00429 e. The van der Waals surface area contributed by atoms with Crippen molar-refractivity contribution in [3.63, 3.8) is 0 Å². The van der Waals surface area contributed by atoms with Gasteiger partial charge in [0.1, 0.15) is 0 Å². The largest absolute Gasteiger partial charge is 0.405 e. The zero-order valence-corrected chi connectivity index (χ0v) is 4.02. The van der Waals surface area contributed by atoms with Crippen LogP contribution in [0.1, 0.15) is 0 Å². The molecule has 0 fully saturated rings. The van der Waals surface area contributed by atoms with E-state index in [-0.39, 0.29) is 0 Å². The average Bonchev–Trinajstić information content (AvgIpc) is 1.61. The molecule has 34 valence electrons. The van der Waals surface area contributed by atoms with Crippen molar-refractivity contribution in [1.82, 2.24) is 0 Å². The van der Waals surface area contributed by atoms with Gasteiger partial charge in [-0.25, -0.2) is 0 Å². The number of nitrogens with two attached hydrogens (primary N) is 1. The Bertz CT molecular complexity index is 55.9. The molecule has 2 heteroatoms. The Hall–Kier alpha value is -0.430. The molecule has 0 saturated carbocycles. The molecule has 0 aliphatic carbocycles. The molecule has 0 aromatic carbocycles. The normalized spacial score (nSPS) is 11.5. The third-order valence-electron chi connectivity index (χ3n) is 0.295. The van der Waals surface area contributed by atoms with Gasteiger partial charge in [0.25, 0.3) is 0 Å². The maximum absolute atomic E-state index is 5.09. The molecule has 0 rings (SSSR count). The van der Waals surface area contributed by atoms with Gasteiger partial charge in [0, 0.05) is 5.54 Å². The van der Waals surface area contributed by atoms with Crippen molar-refractivity contribution in [1.29, 1.82) is 0 Å². The van der Waals surface area contributed by atoms with E-state index in [0.29, 0.717) is 0 Å². The molecule has 6 heavy (non-hydrogen) atoms. The van der Waals surface area contributed by atoms with E-state index in [0.717, 1.165) is 0 Å². The van der Waals surface area contributed by atoms with Gasteiger partial charge in [0.05, 0.1) is 0 Å². The molecular formula is C4H6ClN. The summed E-state index contributed by atoms with van der Waals surface area (Å²) < 4.78 is 0. The van der Waals surface area contributed by atoms with Crippen molar-refractivity contribution < 1.29 is 0 Å². The first-order chi connectivity index (χ1) is 2.91. The standard InChI is InChI=1S/C4H6ClN/c5-3-1-2-4-6/h1-4H,6H2/b3-1+,4-2-. The monoisotopic (exact) mass is 103 g/mol. The summed E-state index contributed by atoms with van der Waals surface area (Å²) in [6.07, 6.45) is 4.70. The number of halogens is 1. The van der Waals surface area contributed by atoms with Gasteiger partial charge < -0.3 is 5.73 Å². The van der Waals surface area contributed by atoms with E-state index in [9.17, 15) is 0 Å². The van der Waals surface area contributed by atoms with E-state index in [1.54, 1.807) is 12.2 Å². The average molecular weight is 104 g/mol. The molecule has 0 aliphatic rings. The minimum Gasteiger partial charge on any atom is -0.405 e. The van der Waals surface area contributed by atoms with Crippen molar-refractivity contribution in [3.8, 4) is 0 Å². The van der Waals surface area contributed by atoms with Gasteiger partial charge in [0.15, 0.2) is 0 Å². The molecular weight excluding hydrogens is 97.5 g/mol. The van der Waals surface area contributed by atoms with Gasteiger partial charge in [-0.3, -0.25) is 0 Å². The fourth-order valence-electron chi connectivity index (χ4n) is 0.106. The molecule has 1 nitrogen and oxygen atoms in total. The lowest BCUT2D eigenvalue weighted by Gasteiger charge is -1.62. The number of rotatable bonds is 1. The van der Waals surface area contributed by atoms with Crippen LogP contribution in [0, 0.1) is 0 Å².